The van der Waals surface area contributed by atoms with Crippen LogP contribution in [-0.2, 0) is 10.2 Å². The Hall–Kier alpha value is -2.17. The van der Waals surface area contributed by atoms with E-state index in [4.69, 9.17) is 0 Å². The molecule has 1 aromatic heterocycles. The Morgan fingerprint density at radius 1 is 1.29 bits per heavy atom. The van der Waals surface area contributed by atoms with Crippen LogP contribution in [0, 0.1) is 6.92 Å². The molecule has 108 valence electrons. The van der Waals surface area contributed by atoms with Crippen LogP contribution >= 0.6 is 0 Å². The van der Waals surface area contributed by atoms with Crippen LogP contribution in [0.4, 0.5) is 0 Å². The third-order valence-corrected chi connectivity index (χ3v) is 4.78. The Morgan fingerprint density at radius 3 is 2.67 bits per heavy atom. The lowest BCUT2D eigenvalue weighted by molar-refractivity contribution is -0.140. The molecule has 2 heterocycles. The average Bonchev–Trinajstić information content (AvgIpc) is 3.07. The molecule has 1 saturated carbocycles. The van der Waals surface area contributed by atoms with Crippen molar-refractivity contribution in [2.75, 3.05) is 13.1 Å². The summed E-state index contributed by atoms with van der Waals surface area (Å²) in [6.07, 6.45) is 5.21. The van der Waals surface area contributed by atoms with Crippen LogP contribution in [0.1, 0.15) is 30.0 Å². The second kappa shape index (κ2) is 4.41. The second-order valence-electron chi connectivity index (χ2n) is 6.14. The fraction of sp³-hybridized carbons (Fsp3) is 0.438. The van der Waals surface area contributed by atoms with Crippen LogP contribution in [-0.4, -0.2) is 38.7 Å². The van der Waals surface area contributed by atoms with Crippen molar-refractivity contribution in [2.45, 2.75) is 31.2 Å². The lowest BCUT2D eigenvalue weighted by Gasteiger charge is -2.41. The second-order valence-corrected chi connectivity index (χ2v) is 6.14. The van der Waals surface area contributed by atoms with Gasteiger partial charge in [0.05, 0.1) is 11.5 Å². The van der Waals surface area contributed by atoms with Gasteiger partial charge in [0.25, 0.3) is 0 Å². The topological polar surface area (TPSA) is 51.0 Å². The van der Waals surface area contributed by atoms with Gasteiger partial charge in [-0.05, 0) is 30.9 Å². The number of carbonyl (C=O) groups excluding carboxylic acids is 1. The van der Waals surface area contributed by atoms with E-state index in [1.807, 2.05) is 21.7 Å². The third kappa shape index (κ3) is 1.87. The molecule has 5 heteroatoms. The summed E-state index contributed by atoms with van der Waals surface area (Å²) in [6, 6.07) is 8.55. The van der Waals surface area contributed by atoms with E-state index in [1.165, 1.54) is 11.1 Å². The summed E-state index contributed by atoms with van der Waals surface area (Å²) in [4.78, 5) is 18.8. The van der Waals surface area contributed by atoms with Crippen molar-refractivity contribution in [3.05, 3.63) is 48.0 Å². The number of hydrogen-bond acceptors (Lipinski definition) is 3. The quantitative estimate of drug-likeness (QED) is 0.861. The van der Waals surface area contributed by atoms with Crippen LogP contribution in [0.15, 0.2) is 36.9 Å². The van der Waals surface area contributed by atoms with Gasteiger partial charge in [0.1, 0.15) is 12.7 Å². The Balaban J connectivity index is 1.50. The first-order chi connectivity index (χ1) is 10.2. The summed E-state index contributed by atoms with van der Waals surface area (Å²) in [6.45, 7) is 3.59. The molecule has 1 saturated heterocycles. The maximum absolute atomic E-state index is 12.9. The van der Waals surface area contributed by atoms with Gasteiger partial charge in [0.15, 0.2) is 0 Å². The van der Waals surface area contributed by atoms with Crippen molar-refractivity contribution in [1.82, 2.24) is 19.7 Å². The van der Waals surface area contributed by atoms with Crippen LogP contribution in [0.25, 0.3) is 0 Å². The zero-order chi connectivity index (χ0) is 14.4. The predicted octanol–water partition coefficient (Wildman–Crippen LogP) is 1.70. The van der Waals surface area contributed by atoms with Crippen molar-refractivity contribution < 1.29 is 4.79 Å². The molecule has 0 atom stereocenters. The highest BCUT2D eigenvalue weighted by Crippen LogP contribution is 2.51. The van der Waals surface area contributed by atoms with Crippen LogP contribution in [0.5, 0.6) is 0 Å². The number of likely N-dealkylation sites (tertiary alicyclic amines) is 1. The van der Waals surface area contributed by atoms with Gasteiger partial charge in [-0.1, -0.05) is 24.3 Å². The number of nitrogens with zero attached hydrogens (tertiary/aromatic N) is 4. The molecule has 5 nitrogen and oxygen atoms in total. The molecule has 0 N–H and O–H groups in total. The summed E-state index contributed by atoms with van der Waals surface area (Å²) < 4.78 is 1.84. The minimum Gasteiger partial charge on any atom is -0.337 e. The van der Waals surface area contributed by atoms with E-state index in [-0.39, 0.29) is 17.4 Å². The van der Waals surface area contributed by atoms with E-state index in [0.29, 0.717) is 0 Å². The highest BCUT2D eigenvalue weighted by molar-refractivity contribution is 5.92. The SMILES string of the molecule is Cc1ccccc1C1(C(=O)N2CC(n3cncn3)C2)CC1. The molecule has 0 spiro atoms. The zero-order valence-corrected chi connectivity index (χ0v) is 12.1. The van der Waals surface area contributed by atoms with E-state index < -0.39 is 0 Å². The molecule has 2 aliphatic rings. The van der Waals surface area contributed by atoms with Gasteiger partial charge in [-0.25, -0.2) is 9.67 Å². The fourth-order valence-corrected chi connectivity index (χ4v) is 3.33. The maximum atomic E-state index is 12.9. The first-order valence-electron chi connectivity index (χ1n) is 7.40. The summed E-state index contributed by atoms with van der Waals surface area (Å²) in [5.74, 6) is 0.285. The molecule has 0 bridgehead atoms. The predicted molar refractivity (Wildman–Crippen MR) is 77.7 cm³/mol. The van der Waals surface area contributed by atoms with Crippen molar-refractivity contribution in [1.29, 1.82) is 0 Å². The lowest BCUT2D eigenvalue weighted by Crippen LogP contribution is -2.54. The van der Waals surface area contributed by atoms with Crippen LogP contribution in [0.3, 0.4) is 0 Å². The number of amides is 1. The molecule has 0 unspecified atom stereocenters. The van der Waals surface area contributed by atoms with Crippen LogP contribution in [0.2, 0.25) is 0 Å². The van der Waals surface area contributed by atoms with Gasteiger partial charge in [-0.2, -0.15) is 5.10 Å². The zero-order valence-electron chi connectivity index (χ0n) is 12.1. The van der Waals surface area contributed by atoms with Gasteiger partial charge in [0.2, 0.25) is 5.91 Å². The van der Waals surface area contributed by atoms with Crippen molar-refractivity contribution >= 4 is 5.91 Å². The lowest BCUT2D eigenvalue weighted by atomic mass is 9.89. The van der Waals surface area contributed by atoms with E-state index >= 15 is 0 Å². The molecule has 1 amide bonds. The molecule has 1 aliphatic heterocycles. The van der Waals surface area contributed by atoms with Gasteiger partial charge >= 0.3 is 0 Å². The summed E-state index contributed by atoms with van der Waals surface area (Å²) in [5, 5.41) is 4.15. The molecule has 21 heavy (non-hydrogen) atoms. The largest absolute Gasteiger partial charge is 0.337 e. The number of aryl methyl sites for hydroxylation is 1. The number of rotatable bonds is 3. The smallest absolute Gasteiger partial charge is 0.233 e. The van der Waals surface area contributed by atoms with E-state index in [1.54, 1.807) is 12.7 Å². The highest BCUT2D eigenvalue weighted by atomic mass is 16.2. The molecule has 1 aliphatic carbocycles. The average molecular weight is 282 g/mol. The van der Waals surface area contributed by atoms with Gasteiger partial charge in [-0.15, -0.1) is 0 Å². The standard InChI is InChI=1S/C16H18N4O/c1-12-4-2-3-5-14(12)16(6-7-16)15(21)19-8-13(9-19)20-11-17-10-18-20/h2-5,10-11,13H,6-9H2,1H3. The molecular formula is C16H18N4O. The highest BCUT2D eigenvalue weighted by Gasteiger charge is 2.55. The van der Waals surface area contributed by atoms with E-state index in [2.05, 4.69) is 29.1 Å². The van der Waals surface area contributed by atoms with Crippen molar-refractivity contribution in [2.24, 2.45) is 0 Å². The first kappa shape index (κ1) is 12.6. The number of hydrogen-bond donors (Lipinski definition) is 0. The third-order valence-electron chi connectivity index (χ3n) is 4.78. The summed E-state index contributed by atoms with van der Waals surface area (Å²) >= 11 is 0. The Kier molecular flexibility index (Phi) is 2.64. The molecule has 2 fully saturated rings. The molecule has 0 radical (unpaired) electrons. The molecular weight excluding hydrogens is 264 g/mol. The minimum absolute atomic E-state index is 0.251. The monoisotopic (exact) mass is 282 g/mol. The Labute approximate surface area is 123 Å². The number of benzene rings is 1. The molecule has 1 aromatic carbocycles. The van der Waals surface area contributed by atoms with Crippen LogP contribution < -0.4 is 0 Å². The van der Waals surface area contributed by atoms with Crippen molar-refractivity contribution in [3.8, 4) is 0 Å². The Morgan fingerprint density at radius 2 is 2.05 bits per heavy atom. The fourth-order valence-electron chi connectivity index (χ4n) is 3.33. The Bertz CT molecular complexity index is 669. The summed E-state index contributed by atoms with van der Waals surface area (Å²) in [7, 11) is 0. The van der Waals surface area contributed by atoms with E-state index in [9.17, 15) is 4.79 Å². The van der Waals surface area contributed by atoms with Crippen molar-refractivity contribution in [3.63, 3.8) is 0 Å². The summed E-state index contributed by atoms with van der Waals surface area (Å²) in [5.41, 5.74) is 2.18. The normalized spacial score (nSPS) is 20.1. The minimum atomic E-state index is -0.251. The molecule has 2 aromatic rings. The van der Waals surface area contributed by atoms with Gasteiger partial charge < -0.3 is 4.90 Å². The number of carbonyl (C=O) groups is 1. The van der Waals surface area contributed by atoms with Gasteiger partial charge in [0, 0.05) is 13.1 Å². The number of aromatic nitrogens is 3. The van der Waals surface area contributed by atoms with Gasteiger partial charge in [-0.3, -0.25) is 4.79 Å². The van der Waals surface area contributed by atoms with E-state index in [0.717, 1.165) is 25.9 Å². The maximum Gasteiger partial charge on any atom is 0.233 e. The molecule has 4 rings (SSSR count). The first-order valence-corrected chi connectivity index (χ1v) is 7.40.